The van der Waals surface area contributed by atoms with E-state index in [0.29, 0.717) is 0 Å². The molecule has 0 spiro atoms. The highest BCUT2D eigenvalue weighted by Crippen LogP contribution is 2.26. The second-order valence-corrected chi connectivity index (χ2v) is 11.5. The number of amides is 2. The lowest BCUT2D eigenvalue weighted by Gasteiger charge is -2.22. The van der Waals surface area contributed by atoms with Crippen molar-refractivity contribution in [1.29, 1.82) is 0 Å². The highest BCUT2D eigenvalue weighted by molar-refractivity contribution is 6.67. The van der Waals surface area contributed by atoms with Gasteiger partial charge in [0.2, 0.25) is 3.79 Å². The van der Waals surface area contributed by atoms with Gasteiger partial charge in [-0.1, -0.05) is 47.0 Å². The predicted molar refractivity (Wildman–Crippen MR) is 135 cm³/mol. The van der Waals surface area contributed by atoms with E-state index in [-0.39, 0.29) is 12.8 Å². The standard InChI is InChI=1S/C12H18Cl3NO4.C10H17NO4/c1-5-6-8(9(17)19-7-12(13,14)15)16-10(18)20-11(2,3)4;1-5-6-7(8(12)13)11-9(14)15-10(2,3)4/h5,8H,1,6-7H2,2-4H3,(H,16,18);5,7H,1,6H2,2-4H3,(H,11,14)(H,12,13)/t8-;7-/m11/s1. The Bertz CT molecular complexity index is 740. The lowest BCUT2D eigenvalue weighted by molar-refractivity contribution is -0.146. The molecule has 10 nitrogen and oxygen atoms in total. The Labute approximate surface area is 221 Å². The van der Waals surface area contributed by atoms with Gasteiger partial charge in [0, 0.05) is 0 Å². The summed E-state index contributed by atoms with van der Waals surface area (Å²) in [7, 11) is 0. The third kappa shape index (κ3) is 22.1. The van der Waals surface area contributed by atoms with Gasteiger partial charge in [0.15, 0.2) is 0 Å². The van der Waals surface area contributed by atoms with Gasteiger partial charge in [-0.15, -0.1) is 13.2 Å². The molecule has 0 aromatic carbocycles. The van der Waals surface area contributed by atoms with E-state index in [1.54, 1.807) is 41.5 Å². The molecule has 0 aliphatic heterocycles. The smallest absolute Gasteiger partial charge is 0.408 e. The van der Waals surface area contributed by atoms with Crippen LogP contribution in [0.15, 0.2) is 25.3 Å². The summed E-state index contributed by atoms with van der Waals surface area (Å²) in [6.45, 7) is 16.7. The van der Waals surface area contributed by atoms with Crippen LogP contribution in [0.3, 0.4) is 0 Å². The first-order chi connectivity index (χ1) is 15.7. The fraction of sp³-hybridized carbons (Fsp3) is 0.636. The second kappa shape index (κ2) is 15.7. The Balaban J connectivity index is 0. The molecule has 0 saturated heterocycles. The average Bonchev–Trinajstić information content (AvgIpc) is 2.62. The number of carbonyl (C=O) groups excluding carboxylic acids is 3. The zero-order valence-corrected chi connectivity index (χ0v) is 23.1. The Morgan fingerprint density at radius 3 is 1.51 bits per heavy atom. The SMILES string of the molecule is C=CC[C@@H](NC(=O)OC(C)(C)C)C(=O)O.C=CC[C@@H](NC(=O)OC(C)(C)C)C(=O)OCC(Cl)(Cl)Cl. The second-order valence-electron chi connectivity index (χ2n) is 9.01. The highest BCUT2D eigenvalue weighted by atomic mass is 35.6. The van der Waals surface area contributed by atoms with Crippen LogP contribution >= 0.6 is 34.8 Å². The molecule has 202 valence electrons. The topological polar surface area (TPSA) is 140 Å². The van der Waals surface area contributed by atoms with Crippen molar-refractivity contribution in [3.8, 4) is 0 Å². The molecule has 3 N–H and O–H groups in total. The first-order valence-electron chi connectivity index (χ1n) is 10.4. The van der Waals surface area contributed by atoms with Crippen LogP contribution in [0.5, 0.6) is 0 Å². The minimum Gasteiger partial charge on any atom is -0.480 e. The molecule has 2 atom stereocenters. The van der Waals surface area contributed by atoms with E-state index in [9.17, 15) is 19.2 Å². The summed E-state index contributed by atoms with van der Waals surface area (Å²) in [5, 5.41) is 13.3. The molecule has 0 fully saturated rings. The van der Waals surface area contributed by atoms with Crippen LogP contribution < -0.4 is 10.6 Å². The van der Waals surface area contributed by atoms with Crippen LogP contribution in [-0.2, 0) is 23.8 Å². The number of ether oxygens (including phenoxy) is 3. The molecule has 13 heteroatoms. The first-order valence-corrected chi connectivity index (χ1v) is 11.5. The van der Waals surface area contributed by atoms with E-state index < -0.39 is 57.8 Å². The van der Waals surface area contributed by atoms with Gasteiger partial charge in [0.25, 0.3) is 0 Å². The third-order valence-corrected chi connectivity index (χ3v) is 3.47. The van der Waals surface area contributed by atoms with Crippen molar-refractivity contribution in [1.82, 2.24) is 10.6 Å². The zero-order valence-electron chi connectivity index (χ0n) is 20.8. The van der Waals surface area contributed by atoms with E-state index >= 15 is 0 Å². The monoisotopic (exact) mass is 560 g/mol. The Morgan fingerprint density at radius 1 is 0.829 bits per heavy atom. The summed E-state index contributed by atoms with van der Waals surface area (Å²) in [6, 6.07) is -1.94. The summed E-state index contributed by atoms with van der Waals surface area (Å²) < 4.78 is 13.0. The van der Waals surface area contributed by atoms with Gasteiger partial charge in [-0.25, -0.2) is 19.2 Å². The molecule has 35 heavy (non-hydrogen) atoms. The van der Waals surface area contributed by atoms with Gasteiger partial charge < -0.3 is 30.0 Å². The van der Waals surface area contributed by atoms with Gasteiger partial charge in [0.05, 0.1) is 0 Å². The summed E-state index contributed by atoms with van der Waals surface area (Å²) in [6.07, 6.45) is 1.73. The molecular weight excluding hydrogens is 527 g/mol. The number of hydrogen-bond acceptors (Lipinski definition) is 7. The van der Waals surface area contributed by atoms with Crippen molar-refractivity contribution in [3.05, 3.63) is 25.3 Å². The van der Waals surface area contributed by atoms with Gasteiger partial charge in [0.1, 0.15) is 29.9 Å². The maximum Gasteiger partial charge on any atom is 0.408 e. The molecule has 0 bridgehead atoms. The van der Waals surface area contributed by atoms with Crippen LogP contribution in [0.4, 0.5) is 9.59 Å². The van der Waals surface area contributed by atoms with Crippen molar-refractivity contribution >= 4 is 58.9 Å². The van der Waals surface area contributed by atoms with Crippen LogP contribution in [-0.4, -0.2) is 62.9 Å². The lowest BCUT2D eigenvalue weighted by Crippen LogP contribution is -2.44. The largest absolute Gasteiger partial charge is 0.480 e. The Hall–Kier alpha value is -2.17. The van der Waals surface area contributed by atoms with E-state index in [4.69, 9.17) is 54.1 Å². The number of esters is 1. The van der Waals surface area contributed by atoms with E-state index in [1.807, 2.05) is 0 Å². The number of carbonyl (C=O) groups is 4. The molecule has 0 heterocycles. The molecule has 0 aliphatic rings. The number of carboxylic acids is 1. The maximum absolute atomic E-state index is 11.8. The van der Waals surface area contributed by atoms with Crippen molar-refractivity contribution in [2.75, 3.05) is 6.61 Å². The fourth-order valence-electron chi connectivity index (χ4n) is 1.92. The molecule has 0 radical (unpaired) electrons. The molecule has 0 aromatic heterocycles. The van der Waals surface area contributed by atoms with E-state index in [1.165, 1.54) is 12.2 Å². The summed E-state index contributed by atoms with van der Waals surface area (Å²) in [5.41, 5.74) is -1.31. The van der Waals surface area contributed by atoms with Crippen LogP contribution in [0, 0.1) is 0 Å². The van der Waals surface area contributed by atoms with Crippen molar-refractivity contribution in [3.63, 3.8) is 0 Å². The average molecular weight is 562 g/mol. The summed E-state index contributed by atoms with van der Waals surface area (Å²) in [4.78, 5) is 45.3. The van der Waals surface area contributed by atoms with E-state index in [0.717, 1.165) is 0 Å². The van der Waals surface area contributed by atoms with Crippen molar-refractivity contribution < 1.29 is 38.5 Å². The van der Waals surface area contributed by atoms with Gasteiger partial charge in [-0.05, 0) is 54.4 Å². The van der Waals surface area contributed by atoms with Crippen LogP contribution in [0.1, 0.15) is 54.4 Å². The Kier molecular flexibility index (Phi) is 15.7. The molecule has 0 aromatic rings. The third-order valence-electron chi connectivity index (χ3n) is 3.15. The maximum atomic E-state index is 11.8. The molecular formula is C22H35Cl3N2O8. The lowest BCUT2D eigenvalue weighted by atomic mass is 10.2. The van der Waals surface area contributed by atoms with Gasteiger partial charge >= 0.3 is 24.1 Å². The van der Waals surface area contributed by atoms with Crippen LogP contribution in [0.2, 0.25) is 0 Å². The number of alkyl carbamates (subject to hydrolysis) is 2. The Morgan fingerprint density at radius 2 is 1.20 bits per heavy atom. The minimum atomic E-state index is -1.71. The number of nitrogens with one attached hydrogen (secondary N) is 2. The fourth-order valence-corrected chi connectivity index (χ4v) is 2.09. The zero-order chi connectivity index (χ0) is 28.0. The number of carboxylic acid groups (broad SMARTS) is 1. The summed E-state index contributed by atoms with van der Waals surface area (Å²) in [5.74, 6) is -1.84. The molecule has 0 aliphatic carbocycles. The van der Waals surface area contributed by atoms with Crippen LogP contribution in [0.25, 0.3) is 0 Å². The van der Waals surface area contributed by atoms with Crippen molar-refractivity contribution in [2.24, 2.45) is 0 Å². The number of rotatable bonds is 9. The highest BCUT2D eigenvalue weighted by Gasteiger charge is 2.28. The molecule has 0 saturated carbocycles. The number of halogens is 3. The van der Waals surface area contributed by atoms with Gasteiger partial charge in [-0.3, -0.25) is 0 Å². The molecule has 0 unspecified atom stereocenters. The minimum absolute atomic E-state index is 0.161. The predicted octanol–water partition coefficient (Wildman–Crippen LogP) is 4.91. The first kappa shape index (κ1) is 35.0. The summed E-state index contributed by atoms with van der Waals surface area (Å²) >= 11 is 16.4. The number of aliphatic carboxylic acids is 1. The van der Waals surface area contributed by atoms with E-state index in [2.05, 4.69) is 23.8 Å². The molecule has 0 rings (SSSR count). The van der Waals surface area contributed by atoms with Crippen molar-refractivity contribution in [2.45, 2.75) is 81.5 Å². The normalized spacial score (nSPS) is 13.1. The quantitative estimate of drug-likeness (QED) is 0.156. The molecule has 2 amide bonds. The number of alkyl halides is 3. The number of hydrogen-bond donors (Lipinski definition) is 3. The van der Waals surface area contributed by atoms with Gasteiger partial charge in [-0.2, -0.15) is 0 Å².